The minimum Gasteiger partial charge on any atom is -0.399 e. The molecule has 0 spiro atoms. The number of benzene rings is 1. The van der Waals surface area contributed by atoms with Crippen LogP contribution in [0.15, 0.2) is 18.2 Å². The number of rotatable bonds is 1. The van der Waals surface area contributed by atoms with Crippen molar-refractivity contribution >= 4 is 24.2 Å². The molecule has 1 saturated heterocycles. The van der Waals surface area contributed by atoms with Gasteiger partial charge in [-0.05, 0) is 65.1 Å². The van der Waals surface area contributed by atoms with Gasteiger partial charge >= 0.3 is 7.12 Å². The predicted octanol–water partition coefficient (Wildman–Crippen LogP) is 2.67. The first kappa shape index (κ1) is 16.5. The van der Waals surface area contributed by atoms with Crippen molar-refractivity contribution in [1.82, 2.24) is 0 Å². The van der Waals surface area contributed by atoms with E-state index in [2.05, 4.69) is 47.6 Å². The normalized spacial score (nSPS) is 24.0. The van der Waals surface area contributed by atoms with Gasteiger partial charge in [-0.15, -0.1) is 0 Å². The van der Waals surface area contributed by atoms with Crippen LogP contribution in [0.3, 0.4) is 0 Å². The van der Waals surface area contributed by atoms with E-state index in [1.54, 1.807) is 6.92 Å². The molecule has 0 unspecified atom stereocenters. The molecule has 1 aromatic carbocycles. The van der Waals surface area contributed by atoms with E-state index in [1.807, 2.05) is 17.0 Å². The molecule has 23 heavy (non-hydrogen) atoms. The third-order valence-corrected chi connectivity index (χ3v) is 5.41. The van der Waals surface area contributed by atoms with Crippen molar-refractivity contribution in [3.63, 3.8) is 0 Å². The summed E-state index contributed by atoms with van der Waals surface area (Å²) in [5.41, 5.74) is 2.31. The van der Waals surface area contributed by atoms with Crippen LogP contribution in [-0.4, -0.2) is 29.8 Å². The highest BCUT2D eigenvalue weighted by molar-refractivity contribution is 6.62. The van der Waals surface area contributed by atoms with Crippen molar-refractivity contribution in [3.8, 4) is 0 Å². The topological polar surface area (TPSA) is 38.8 Å². The lowest BCUT2D eigenvalue weighted by atomic mass is 9.78. The monoisotopic (exact) mass is 315 g/mol. The first-order valence-corrected chi connectivity index (χ1v) is 8.24. The molecule has 2 aliphatic rings. The number of hydrogen-bond acceptors (Lipinski definition) is 3. The Morgan fingerprint density at radius 1 is 1.09 bits per heavy atom. The summed E-state index contributed by atoms with van der Waals surface area (Å²) in [5.74, 6) is 0.0807. The number of anilines is 1. The minimum atomic E-state index is -0.361. The fourth-order valence-electron chi connectivity index (χ4n) is 3.56. The molecule has 1 fully saturated rings. The number of hydrogen-bond donors (Lipinski definition) is 0. The van der Waals surface area contributed by atoms with Crippen molar-refractivity contribution in [2.24, 2.45) is 0 Å². The van der Waals surface area contributed by atoms with Crippen LogP contribution >= 0.6 is 0 Å². The third-order valence-electron chi connectivity index (χ3n) is 5.41. The lowest BCUT2D eigenvalue weighted by Gasteiger charge is -2.32. The molecule has 0 radical (unpaired) electrons. The number of nitrogens with zero attached hydrogens (tertiary/aromatic N) is 1. The lowest BCUT2D eigenvalue weighted by molar-refractivity contribution is -0.117. The minimum absolute atomic E-state index is 0.0807. The van der Waals surface area contributed by atoms with Crippen molar-refractivity contribution in [3.05, 3.63) is 23.8 Å². The second kappa shape index (κ2) is 4.84. The standard InChI is InChI=1S/C18H26BNO3/c1-12(21)20-15-9-8-14(10-13(15)11-16(20,2)3)19-22-17(4,5)18(6,7)23-19/h8-10H,11H2,1-7H3. The molecule has 1 aromatic rings. The Morgan fingerprint density at radius 3 is 2.17 bits per heavy atom. The van der Waals surface area contributed by atoms with Crippen LogP contribution in [0.5, 0.6) is 0 Å². The molecule has 0 saturated carbocycles. The van der Waals surface area contributed by atoms with Gasteiger partial charge in [-0.3, -0.25) is 4.79 Å². The highest BCUT2D eigenvalue weighted by Crippen LogP contribution is 2.40. The summed E-state index contributed by atoms with van der Waals surface area (Å²) in [6.45, 7) is 14.1. The number of fused-ring (bicyclic) bond motifs is 1. The van der Waals surface area contributed by atoms with Crippen LogP contribution in [0.1, 0.15) is 54.0 Å². The molecule has 124 valence electrons. The van der Waals surface area contributed by atoms with Gasteiger partial charge in [-0.1, -0.05) is 12.1 Å². The third kappa shape index (κ3) is 2.50. The van der Waals surface area contributed by atoms with E-state index in [-0.39, 0.29) is 29.8 Å². The van der Waals surface area contributed by atoms with Crippen molar-refractivity contribution in [2.75, 3.05) is 4.90 Å². The van der Waals surface area contributed by atoms with Gasteiger partial charge in [0, 0.05) is 18.2 Å². The zero-order valence-corrected chi connectivity index (χ0v) is 15.2. The van der Waals surface area contributed by atoms with Crippen molar-refractivity contribution in [2.45, 2.75) is 71.6 Å². The Morgan fingerprint density at radius 2 is 1.65 bits per heavy atom. The smallest absolute Gasteiger partial charge is 0.399 e. The molecule has 3 rings (SSSR count). The van der Waals surface area contributed by atoms with Crippen LogP contribution in [0.25, 0.3) is 0 Å². The fraction of sp³-hybridized carbons (Fsp3) is 0.611. The Hall–Kier alpha value is -1.33. The average molecular weight is 315 g/mol. The molecular formula is C18H26BNO3. The summed E-state index contributed by atoms with van der Waals surface area (Å²) in [7, 11) is -0.361. The predicted molar refractivity (Wildman–Crippen MR) is 93.1 cm³/mol. The first-order chi connectivity index (χ1) is 10.4. The Kier molecular flexibility index (Phi) is 3.48. The average Bonchev–Trinajstić information content (AvgIpc) is 2.76. The number of carbonyl (C=O) groups excluding carboxylic acids is 1. The van der Waals surface area contributed by atoms with Crippen LogP contribution in [0, 0.1) is 0 Å². The van der Waals surface area contributed by atoms with Gasteiger partial charge in [0.05, 0.1) is 11.2 Å². The van der Waals surface area contributed by atoms with E-state index >= 15 is 0 Å². The molecule has 0 bridgehead atoms. The Labute approximate surface area is 139 Å². The van der Waals surface area contributed by atoms with Gasteiger partial charge in [0.15, 0.2) is 0 Å². The van der Waals surface area contributed by atoms with E-state index < -0.39 is 0 Å². The summed E-state index contributed by atoms with van der Waals surface area (Å²) in [4.78, 5) is 13.9. The molecule has 0 aromatic heterocycles. The molecule has 4 nitrogen and oxygen atoms in total. The van der Waals surface area contributed by atoms with Gasteiger partial charge < -0.3 is 14.2 Å². The maximum atomic E-state index is 12.0. The van der Waals surface area contributed by atoms with E-state index in [4.69, 9.17) is 9.31 Å². The molecule has 2 aliphatic heterocycles. The van der Waals surface area contributed by atoms with Gasteiger partial charge in [0.2, 0.25) is 5.91 Å². The summed E-state index contributed by atoms with van der Waals surface area (Å²) in [5, 5.41) is 0. The Balaban J connectivity index is 1.94. The van der Waals surface area contributed by atoms with Crippen molar-refractivity contribution < 1.29 is 14.1 Å². The molecule has 2 heterocycles. The van der Waals surface area contributed by atoms with Crippen LogP contribution in [0.2, 0.25) is 0 Å². The highest BCUT2D eigenvalue weighted by atomic mass is 16.7. The quantitative estimate of drug-likeness (QED) is 0.748. The van der Waals surface area contributed by atoms with Gasteiger partial charge in [0.1, 0.15) is 0 Å². The second-order valence-corrected chi connectivity index (χ2v) is 8.32. The molecule has 1 amide bonds. The summed E-state index contributed by atoms with van der Waals surface area (Å²) >= 11 is 0. The second-order valence-electron chi connectivity index (χ2n) is 8.32. The molecule has 0 N–H and O–H groups in total. The van der Waals surface area contributed by atoms with E-state index in [9.17, 15) is 4.79 Å². The molecule has 5 heteroatoms. The zero-order chi connectivity index (χ0) is 17.2. The number of carbonyl (C=O) groups is 1. The van der Waals surface area contributed by atoms with Gasteiger partial charge in [-0.2, -0.15) is 0 Å². The van der Waals surface area contributed by atoms with E-state index in [1.165, 1.54) is 5.56 Å². The van der Waals surface area contributed by atoms with E-state index in [0.717, 1.165) is 17.6 Å². The Bertz CT molecular complexity index is 650. The fourth-order valence-corrected chi connectivity index (χ4v) is 3.56. The van der Waals surface area contributed by atoms with Gasteiger partial charge in [0.25, 0.3) is 0 Å². The van der Waals surface area contributed by atoms with Crippen molar-refractivity contribution in [1.29, 1.82) is 0 Å². The lowest BCUT2D eigenvalue weighted by Crippen LogP contribution is -2.44. The summed E-state index contributed by atoms with van der Waals surface area (Å²) in [6.07, 6.45) is 0.843. The first-order valence-electron chi connectivity index (χ1n) is 8.24. The van der Waals surface area contributed by atoms with Crippen LogP contribution in [-0.2, 0) is 20.5 Å². The van der Waals surface area contributed by atoms with Crippen LogP contribution < -0.4 is 10.4 Å². The maximum absolute atomic E-state index is 12.0. The van der Waals surface area contributed by atoms with Crippen LogP contribution in [0.4, 0.5) is 5.69 Å². The number of amides is 1. The molecule has 0 aliphatic carbocycles. The molecular weight excluding hydrogens is 289 g/mol. The SMILES string of the molecule is CC(=O)N1c2ccc(B3OC(C)(C)C(C)(C)O3)cc2CC1(C)C. The highest BCUT2D eigenvalue weighted by Gasteiger charge is 2.52. The maximum Gasteiger partial charge on any atom is 0.494 e. The van der Waals surface area contributed by atoms with Gasteiger partial charge in [-0.25, -0.2) is 0 Å². The summed E-state index contributed by atoms with van der Waals surface area (Å²) in [6, 6.07) is 6.16. The zero-order valence-electron chi connectivity index (χ0n) is 15.2. The van der Waals surface area contributed by atoms with E-state index in [0.29, 0.717) is 0 Å². The largest absolute Gasteiger partial charge is 0.494 e. The molecule has 0 atom stereocenters. The summed E-state index contributed by atoms with van der Waals surface area (Å²) < 4.78 is 12.3.